The van der Waals surface area contributed by atoms with E-state index >= 15 is 0 Å². The third kappa shape index (κ3) is 3.06. The lowest BCUT2D eigenvalue weighted by Crippen LogP contribution is -2.44. The Morgan fingerprint density at radius 2 is 2.00 bits per heavy atom. The SMILES string of the molecule is CN1CCC(N(C)S(=O)(=O)c2c[nH]c(=O)c(Cl)c2)CC1. The minimum absolute atomic E-state index is 0.0172. The summed E-state index contributed by atoms with van der Waals surface area (Å²) in [5, 5.41) is -0.122. The Morgan fingerprint density at radius 3 is 2.55 bits per heavy atom. The van der Waals surface area contributed by atoms with Crippen LogP contribution in [0.4, 0.5) is 0 Å². The first-order valence-corrected chi connectivity index (χ1v) is 8.19. The number of piperidine rings is 1. The van der Waals surface area contributed by atoms with Crippen molar-refractivity contribution in [2.24, 2.45) is 0 Å². The van der Waals surface area contributed by atoms with Gasteiger partial charge in [0.2, 0.25) is 10.0 Å². The quantitative estimate of drug-likeness (QED) is 0.892. The van der Waals surface area contributed by atoms with Gasteiger partial charge in [-0.25, -0.2) is 8.42 Å². The molecule has 1 saturated heterocycles. The molecule has 0 aliphatic carbocycles. The van der Waals surface area contributed by atoms with Gasteiger partial charge in [0.25, 0.3) is 5.56 Å². The van der Waals surface area contributed by atoms with Crippen molar-refractivity contribution in [1.82, 2.24) is 14.2 Å². The van der Waals surface area contributed by atoms with Crippen LogP contribution < -0.4 is 5.56 Å². The molecule has 2 heterocycles. The Balaban J connectivity index is 2.25. The second-order valence-electron chi connectivity index (χ2n) is 5.07. The summed E-state index contributed by atoms with van der Waals surface area (Å²) in [6, 6.07) is 1.17. The van der Waals surface area contributed by atoms with Crippen LogP contribution in [0.15, 0.2) is 22.0 Å². The molecule has 20 heavy (non-hydrogen) atoms. The van der Waals surface area contributed by atoms with Gasteiger partial charge in [0.15, 0.2) is 0 Å². The van der Waals surface area contributed by atoms with Crippen molar-refractivity contribution >= 4 is 21.6 Å². The molecule has 0 saturated carbocycles. The van der Waals surface area contributed by atoms with Crippen LogP contribution in [0.3, 0.4) is 0 Å². The molecule has 1 aliphatic heterocycles. The van der Waals surface area contributed by atoms with Gasteiger partial charge in [0.1, 0.15) is 5.02 Å². The molecule has 8 heteroatoms. The minimum Gasteiger partial charge on any atom is -0.326 e. The number of hydrogen-bond acceptors (Lipinski definition) is 4. The summed E-state index contributed by atoms with van der Waals surface area (Å²) in [5.74, 6) is 0. The predicted octanol–water partition coefficient (Wildman–Crippen LogP) is 0.743. The Kier molecular flexibility index (Phi) is 4.53. The predicted molar refractivity (Wildman–Crippen MR) is 77.5 cm³/mol. The average molecular weight is 320 g/mol. The van der Waals surface area contributed by atoms with E-state index < -0.39 is 15.6 Å². The molecule has 1 aromatic heterocycles. The van der Waals surface area contributed by atoms with Crippen LogP contribution >= 0.6 is 11.6 Å². The smallest absolute Gasteiger partial charge is 0.266 e. The Hall–Kier alpha value is -0.890. The summed E-state index contributed by atoms with van der Waals surface area (Å²) in [6.07, 6.45) is 2.78. The number of hydrogen-bond donors (Lipinski definition) is 1. The molecule has 1 aliphatic rings. The topological polar surface area (TPSA) is 73.5 Å². The summed E-state index contributed by atoms with van der Waals surface area (Å²) in [5.41, 5.74) is -0.493. The van der Waals surface area contributed by atoms with Crippen LogP contribution in [0.25, 0.3) is 0 Å². The maximum atomic E-state index is 12.5. The van der Waals surface area contributed by atoms with E-state index in [1.807, 2.05) is 7.05 Å². The van der Waals surface area contributed by atoms with Crippen molar-refractivity contribution in [2.45, 2.75) is 23.8 Å². The molecule has 0 amide bonds. The molecule has 112 valence electrons. The van der Waals surface area contributed by atoms with Gasteiger partial charge in [0, 0.05) is 19.3 Å². The van der Waals surface area contributed by atoms with Crippen molar-refractivity contribution in [3.05, 3.63) is 27.6 Å². The van der Waals surface area contributed by atoms with E-state index in [0.717, 1.165) is 25.9 Å². The summed E-state index contributed by atoms with van der Waals surface area (Å²) < 4.78 is 26.4. The van der Waals surface area contributed by atoms with Crippen molar-refractivity contribution in [3.63, 3.8) is 0 Å². The zero-order valence-electron chi connectivity index (χ0n) is 11.5. The Morgan fingerprint density at radius 1 is 1.40 bits per heavy atom. The minimum atomic E-state index is -3.64. The molecule has 0 aromatic carbocycles. The lowest BCUT2D eigenvalue weighted by atomic mass is 10.1. The lowest BCUT2D eigenvalue weighted by molar-refractivity contribution is 0.197. The van der Waals surface area contributed by atoms with E-state index in [0.29, 0.717) is 0 Å². The number of nitrogens with zero attached hydrogens (tertiary/aromatic N) is 2. The van der Waals surface area contributed by atoms with Crippen LogP contribution in [-0.2, 0) is 10.0 Å². The van der Waals surface area contributed by atoms with Crippen molar-refractivity contribution < 1.29 is 8.42 Å². The van der Waals surface area contributed by atoms with Gasteiger partial charge in [-0.1, -0.05) is 11.6 Å². The van der Waals surface area contributed by atoms with Crippen LogP contribution in [-0.4, -0.2) is 55.8 Å². The van der Waals surface area contributed by atoms with Crippen LogP contribution in [0.5, 0.6) is 0 Å². The summed E-state index contributed by atoms with van der Waals surface area (Å²) >= 11 is 5.70. The second kappa shape index (κ2) is 5.85. The van der Waals surface area contributed by atoms with E-state index in [-0.39, 0.29) is 16.0 Å². The number of nitrogens with one attached hydrogen (secondary N) is 1. The van der Waals surface area contributed by atoms with Crippen LogP contribution in [0, 0.1) is 0 Å². The maximum Gasteiger partial charge on any atom is 0.266 e. The molecule has 0 atom stereocenters. The number of pyridine rings is 1. The highest BCUT2D eigenvalue weighted by molar-refractivity contribution is 7.89. The zero-order valence-corrected chi connectivity index (χ0v) is 13.0. The fourth-order valence-corrected chi connectivity index (χ4v) is 3.96. The molecule has 0 bridgehead atoms. The normalized spacial score (nSPS) is 18.6. The first-order chi connectivity index (χ1) is 9.32. The number of H-pyrrole nitrogens is 1. The fourth-order valence-electron chi connectivity index (χ4n) is 2.31. The average Bonchev–Trinajstić information content (AvgIpc) is 2.41. The number of sulfonamides is 1. The number of aromatic nitrogens is 1. The highest BCUT2D eigenvalue weighted by Gasteiger charge is 2.30. The molecule has 1 aromatic rings. The van der Waals surface area contributed by atoms with Gasteiger partial charge in [-0.15, -0.1) is 0 Å². The molecule has 1 fully saturated rings. The molecule has 2 rings (SSSR count). The second-order valence-corrected chi connectivity index (χ2v) is 7.47. The van der Waals surface area contributed by atoms with Crippen molar-refractivity contribution in [3.8, 4) is 0 Å². The molecule has 1 N–H and O–H groups in total. The monoisotopic (exact) mass is 319 g/mol. The van der Waals surface area contributed by atoms with Crippen molar-refractivity contribution in [1.29, 1.82) is 0 Å². The Bertz CT molecular complexity index is 636. The fraction of sp³-hybridized carbons (Fsp3) is 0.583. The first-order valence-electron chi connectivity index (χ1n) is 6.37. The van der Waals surface area contributed by atoms with Gasteiger partial charge in [-0.2, -0.15) is 4.31 Å². The van der Waals surface area contributed by atoms with E-state index in [9.17, 15) is 13.2 Å². The van der Waals surface area contributed by atoms with E-state index in [2.05, 4.69) is 9.88 Å². The highest BCUT2D eigenvalue weighted by atomic mass is 35.5. The largest absolute Gasteiger partial charge is 0.326 e. The summed E-state index contributed by atoms with van der Waals surface area (Å²) in [6.45, 7) is 1.74. The zero-order chi connectivity index (χ0) is 14.9. The lowest BCUT2D eigenvalue weighted by Gasteiger charge is -2.34. The third-order valence-corrected chi connectivity index (χ3v) is 5.88. The number of rotatable bonds is 3. The van der Waals surface area contributed by atoms with Gasteiger partial charge >= 0.3 is 0 Å². The van der Waals surface area contributed by atoms with Crippen LogP contribution in [0.1, 0.15) is 12.8 Å². The number of likely N-dealkylation sites (tertiary alicyclic amines) is 1. The van der Waals surface area contributed by atoms with E-state index in [4.69, 9.17) is 11.6 Å². The number of halogens is 1. The molecule has 0 radical (unpaired) electrons. The summed E-state index contributed by atoms with van der Waals surface area (Å²) in [4.78, 5) is 15.7. The molecular weight excluding hydrogens is 302 g/mol. The van der Waals surface area contributed by atoms with Gasteiger partial charge < -0.3 is 9.88 Å². The number of aromatic amines is 1. The van der Waals surface area contributed by atoms with Gasteiger partial charge in [-0.3, -0.25) is 4.79 Å². The van der Waals surface area contributed by atoms with E-state index in [1.54, 1.807) is 7.05 Å². The third-order valence-electron chi connectivity index (χ3n) is 3.71. The van der Waals surface area contributed by atoms with Gasteiger partial charge in [-0.05, 0) is 39.0 Å². The molecular formula is C12H18ClN3O3S. The van der Waals surface area contributed by atoms with Crippen molar-refractivity contribution in [2.75, 3.05) is 27.2 Å². The van der Waals surface area contributed by atoms with Gasteiger partial charge in [0.05, 0.1) is 4.90 Å². The highest BCUT2D eigenvalue weighted by Crippen LogP contribution is 2.22. The molecule has 6 nitrogen and oxygen atoms in total. The standard InChI is InChI=1S/C12H18ClN3O3S/c1-15-5-3-9(4-6-15)16(2)20(18,19)10-7-11(13)12(17)14-8-10/h7-9H,3-6H2,1-2H3,(H,14,17). The van der Waals surface area contributed by atoms with Crippen LogP contribution in [0.2, 0.25) is 5.02 Å². The Labute approximate surface area is 123 Å². The maximum absolute atomic E-state index is 12.5. The molecule has 0 spiro atoms. The molecule has 0 unspecified atom stereocenters. The summed E-state index contributed by atoms with van der Waals surface area (Å²) in [7, 11) is -0.0411. The van der Waals surface area contributed by atoms with E-state index in [1.165, 1.54) is 16.6 Å². The first kappa shape index (κ1) is 15.5.